The minimum atomic E-state index is -0.880. The number of rotatable bonds is 8. The lowest BCUT2D eigenvalue weighted by molar-refractivity contribution is 0.195. The lowest BCUT2D eigenvalue weighted by Gasteiger charge is -2.14. The Morgan fingerprint density at radius 3 is 2.83 bits per heavy atom. The SMILES string of the molecule is COCCNC(C)c1nnnn1CC(C)S(C)=O. The zero-order chi connectivity index (χ0) is 13.5. The number of tetrazole rings is 1. The van der Waals surface area contributed by atoms with E-state index in [0.29, 0.717) is 13.2 Å². The fourth-order valence-electron chi connectivity index (χ4n) is 1.47. The van der Waals surface area contributed by atoms with Crippen LogP contribution in [0.25, 0.3) is 0 Å². The van der Waals surface area contributed by atoms with Gasteiger partial charge in [-0.25, -0.2) is 4.68 Å². The highest BCUT2D eigenvalue weighted by Gasteiger charge is 2.16. The number of methoxy groups -OCH3 is 1. The molecular weight excluding hydrogens is 254 g/mol. The predicted octanol–water partition coefficient (Wildman–Crippen LogP) is -0.263. The van der Waals surface area contributed by atoms with Crippen molar-refractivity contribution in [3.05, 3.63) is 5.82 Å². The molecule has 3 unspecified atom stereocenters. The van der Waals surface area contributed by atoms with Gasteiger partial charge >= 0.3 is 0 Å². The van der Waals surface area contributed by atoms with E-state index in [4.69, 9.17) is 4.74 Å². The standard InChI is InChI=1S/C10H21N5O2S/c1-8(18(4)16)7-15-10(12-13-14-15)9(2)11-5-6-17-3/h8-9,11H,5-7H2,1-4H3. The second kappa shape index (κ2) is 7.55. The molecule has 1 N–H and O–H groups in total. The van der Waals surface area contributed by atoms with Crippen molar-refractivity contribution in [3.8, 4) is 0 Å². The summed E-state index contributed by atoms with van der Waals surface area (Å²) in [5, 5.41) is 14.9. The van der Waals surface area contributed by atoms with Crippen LogP contribution in [0.2, 0.25) is 0 Å². The number of nitrogens with zero attached hydrogens (tertiary/aromatic N) is 4. The summed E-state index contributed by atoms with van der Waals surface area (Å²) >= 11 is 0. The van der Waals surface area contributed by atoms with Crippen LogP contribution in [0.1, 0.15) is 25.7 Å². The maximum Gasteiger partial charge on any atom is 0.167 e. The molecule has 0 aliphatic carbocycles. The maximum absolute atomic E-state index is 11.4. The van der Waals surface area contributed by atoms with Gasteiger partial charge in [0.25, 0.3) is 0 Å². The first-order valence-electron chi connectivity index (χ1n) is 5.86. The first-order chi connectivity index (χ1) is 8.56. The topological polar surface area (TPSA) is 81.9 Å². The first kappa shape index (κ1) is 15.2. The summed E-state index contributed by atoms with van der Waals surface area (Å²) in [5.41, 5.74) is 0. The third kappa shape index (κ3) is 4.43. The molecule has 0 aliphatic heterocycles. The second-order valence-electron chi connectivity index (χ2n) is 4.20. The molecule has 104 valence electrons. The Bertz CT molecular complexity index is 384. The van der Waals surface area contributed by atoms with Gasteiger partial charge in [-0.3, -0.25) is 4.21 Å². The van der Waals surface area contributed by atoms with Gasteiger partial charge in [0.05, 0.1) is 24.4 Å². The van der Waals surface area contributed by atoms with Crippen LogP contribution in [0.3, 0.4) is 0 Å². The van der Waals surface area contributed by atoms with Gasteiger partial charge in [0.2, 0.25) is 0 Å². The average Bonchev–Trinajstić information content (AvgIpc) is 2.77. The maximum atomic E-state index is 11.4. The van der Waals surface area contributed by atoms with Crippen LogP contribution < -0.4 is 5.32 Å². The molecule has 0 spiro atoms. The van der Waals surface area contributed by atoms with E-state index < -0.39 is 10.8 Å². The minimum absolute atomic E-state index is 0.0263. The van der Waals surface area contributed by atoms with Crippen molar-refractivity contribution in [2.75, 3.05) is 26.5 Å². The van der Waals surface area contributed by atoms with Crippen LogP contribution in [-0.2, 0) is 22.1 Å². The molecule has 18 heavy (non-hydrogen) atoms. The van der Waals surface area contributed by atoms with Crippen molar-refractivity contribution in [3.63, 3.8) is 0 Å². The van der Waals surface area contributed by atoms with Crippen molar-refractivity contribution >= 4 is 10.8 Å². The van der Waals surface area contributed by atoms with E-state index in [1.54, 1.807) is 18.0 Å². The first-order valence-corrected chi connectivity index (χ1v) is 7.49. The lowest BCUT2D eigenvalue weighted by atomic mass is 10.3. The summed E-state index contributed by atoms with van der Waals surface area (Å²) in [7, 11) is 0.781. The monoisotopic (exact) mass is 275 g/mol. The van der Waals surface area contributed by atoms with Gasteiger partial charge in [0.1, 0.15) is 0 Å². The van der Waals surface area contributed by atoms with E-state index in [2.05, 4.69) is 20.8 Å². The molecular formula is C10H21N5O2S. The van der Waals surface area contributed by atoms with Gasteiger partial charge in [-0.2, -0.15) is 0 Å². The molecule has 0 aromatic carbocycles. The Balaban J connectivity index is 2.61. The van der Waals surface area contributed by atoms with E-state index in [1.165, 1.54) is 0 Å². The van der Waals surface area contributed by atoms with E-state index >= 15 is 0 Å². The average molecular weight is 275 g/mol. The van der Waals surface area contributed by atoms with E-state index in [1.807, 2.05) is 13.8 Å². The zero-order valence-electron chi connectivity index (χ0n) is 11.3. The van der Waals surface area contributed by atoms with Crippen LogP contribution in [0.15, 0.2) is 0 Å². The van der Waals surface area contributed by atoms with Crippen molar-refractivity contribution in [2.45, 2.75) is 31.7 Å². The zero-order valence-corrected chi connectivity index (χ0v) is 12.1. The summed E-state index contributed by atoms with van der Waals surface area (Å²) in [6, 6.07) is 0.0349. The molecule has 0 amide bonds. The lowest BCUT2D eigenvalue weighted by Crippen LogP contribution is -2.27. The Morgan fingerprint density at radius 1 is 1.50 bits per heavy atom. The number of hydrogen-bond donors (Lipinski definition) is 1. The molecule has 0 saturated carbocycles. The van der Waals surface area contributed by atoms with Crippen molar-refractivity contribution in [1.29, 1.82) is 0 Å². The van der Waals surface area contributed by atoms with Crippen LogP contribution in [0.5, 0.6) is 0 Å². The molecule has 8 heteroatoms. The molecule has 0 saturated heterocycles. The number of nitrogens with one attached hydrogen (secondary N) is 1. The largest absolute Gasteiger partial charge is 0.383 e. The summed E-state index contributed by atoms with van der Waals surface area (Å²) in [6.07, 6.45) is 1.69. The third-order valence-corrected chi connectivity index (χ3v) is 3.98. The van der Waals surface area contributed by atoms with Crippen LogP contribution in [0.4, 0.5) is 0 Å². The normalized spacial score (nSPS) is 16.4. The van der Waals surface area contributed by atoms with Crippen LogP contribution in [-0.4, -0.2) is 56.2 Å². The third-order valence-electron chi connectivity index (χ3n) is 2.70. The number of ether oxygens (including phenoxy) is 1. The van der Waals surface area contributed by atoms with Crippen molar-refractivity contribution < 1.29 is 8.95 Å². The van der Waals surface area contributed by atoms with Gasteiger partial charge < -0.3 is 10.1 Å². The highest BCUT2D eigenvalue weighted by Crippen LogP contribution is 2.08. The molecule has 1 heterocycles. The highest BCUT2D eigenvalue weighted by molar-refractivity contribution is 7.84. The summed E-state index contributed by atoms with van der Waals surface area (Å²) < 4.78 is 18.0. The van der Waals surface area contributed by atoms with Crippen molar-refractivity contribution in [2.24, 2.45) is 0 Å². The van der Waals surface area contributed by atoms with E-state index in [0.717, 1.165) is 12.4 Å². The van der Waals surface area contributed by atoms with Crippen molar-refractivity contribution in [1.82, 2.24) is 25.5 Å². The Labute approximate surface area is 110 Å². The second-order valence-corrected chi connectivity index (χ2v) is 6.00. The van der Waals surface area contributed by atoms with Gasteiger partial charge in [0.15, 0.2) is 5.82 Å². The van der Waals surface area contributed by atoms with Gasteiger partial charge in [-0.05, 0) is 24.3 Å². The Kier molecular flexibility index (Phi) is 6.37. The fourth-order valence-corrected chi connectivity index (χ4v) is 1.82. The Hall–Kier alpha value is -0.860. The molecule has 1 rings (SSSR count). The quantitative estimate of drug-likeness (QED) is 0.658. The molecule has 1 aromatic rings. The molecule has 3 atom stereocenters. The summed E-state index contributed by atoms with van der Waals surface area (Å²) in [6.45, 7) is 5.85. The molecule has 1 aromatic heterocycles. The van der Waals surface area contributed by atoms with Gasteiger partial charge in [-0.15, -0.1) is 5.10 Å². The molecule has 0 fully saturated rings. The van der Waals surface area contributed by atoms with Crippen LogP contribution in [0, 0.1) is 0 Å². The van der Waals surface area contributed by atoms with Gasteiger partial charge in [-0.1, -0.05) is 0 Å². The summed E-state index contributed by atoms with van der Waals surface area (Å²) in [5.74, 6) is 0.753. The van der Waals surface area contributed by atoms with Gasteiger partial charge in [0, 0.05) is 30.7 Å². The smallest absolute Gasteiger partial charge is 0.167 e. The highest BCUT2D eigenvalue weighted by atomic mass is 32.2. The number of hydrogen-bond acceptors (Lipinski definition) is 6. The molecule has 0 radical (unpaired) electrons. The fraction of sp³-hybridized carbons (Fsp3) is 0.900. The van der Waals surface area contributed by atoms with E-state index in [9.17, 15) is 4.21 Å². The predicted molar refractivity (Wildman–Crippen MR) is 69.6 cm³/mol. The molecule has 0 bridgehead atoms. The molecule has 7 nitrogen and oxygen atoms in total. The Morgan fingerprint density at radius 2 is 2.22 bits per heavy atom. The van der Waals surface area contributed by atoms with E-state index in [-0.39, 0.29) is 11.3 Å². The minimum Gasteiger partial charge on any atom is -0.383 e. The van der Waals surface area contributed by atoms with Crippen LogP contribution >= 0.6 is 0 Å². The number of aromatic nitrogens is 4. The molecule has 0 aliphatic rings. The summed E-state index contributed by atoms with van der Waals surface area (Å²) in [4.78, 5) is 0.